The average Bonchev–Trinajstić information content (AvgIpc) is 2.57. The summed E-state index contributed by atoms with van der Waals surface area (Å²) in [5.74, 6) is 0.0677. The van der Waals surface area contributed by atoms with Gasteiger partial charge in [0.25, 0.3) is 0 Å². The van der Waals surface area contributed by atoms with Crippen LogP contribution in [-0.4, -0.2) is 23.4 Å². The summed E-state index contributed by atoms with van der Waals surface area (Å²) < 4.78 is 0. The van der Waals surface area contributed by atoms with Gasteiger partial charge >= 0.3 is 0 Å². The van der Waals surface area contributed by atoms with Gasteiger partial charge in [-0.2, -0.15) is 0 Å². The lowest BCUT2D eigenvalue weighted by Gasteiger charge is -2.33. The van der Waals surface area contributed by atoms with Gasteiger partial charge in [-0.05, 0) is 55.5 Å². The Bertz CT molecular complexity index is 723. The van der Waals surface area contributed by atoms with Crippen LogP contribution in [0.5, 0.6) is 0 Å². The van der Waals surface area contributed by atoms with Crippen molar-refractivity contribution in [2.45, 2.75) is 39.8 Å². The molecule has 3 nitrogen and oxygen atoms in total. The Labute approximate surface area is 138 Å². The van der Waals surface area contributed by atoms with Crippen LogP contribution in [0.3, 0.4) is 0 Å². The van der Waals surface area contributed by atoms with Gasteiger partial charge in [-0.1, -0.05) is 36.4 Å². The van der Waals surface area contributed by atoms with Crippen molar-refractivity contribution in [1.82, 2.24) is 4.90 Å². The van der Waals surface area contributed by atoms with Crippen LogP contribution in [0, 0.1) is 13.8 Å². The van der Waals surface area contributed by atoms with Gasteiger partial charge in [-0.3, -0.25) is 9.69 Å². The first-order valence-electron chi connectivity index (χ1n) is 8.23. The Morgan fingerprint density at radius 1 is 1.13 bits per heavy atom. The fourth-order valence-corrected chi connectivity index (χ4v) is 3.12. The van der Waals surface area contributed by atoms with Gasteiger partial charge in [0, 0.05) is 18.8 Å². The third kappa shape index (κ3) is 3.45. The number of benzene rings is 2. The van der Waals surface area contributed by atoms with Crippen molar-refractivity contribution in [2.75, 3.05) is 11.9 Å². The number of nitrogens with zero attached hydrogens (tertiary/aromatic N) is 1. The SMILES string of the molecule is Cc1ccc(C)c(NC(=O)[C@H](C)N2CCc3ccccc3C2)c1. The fraction of sp³-hybridized carbons (Fsp3) is 0.350. The Balaban J connectivity index is 1.70. The number of amides is 1. The average molecular weight is 308 g/mol. The second-order valence-electron chi connectivity index (χ2n) is 6.47. The van der Waals surface area contributed by atoms with E-state index in [2.05, 4.69) is 40.5 Å². The van der Waals surface area contributed by atoms with Gasteiger partial charge < -0.3 is 5.32 Å². The summed E-state index contributed by atoms with van der Waals surface area (Å²) in [5.41, 5.74) is 5.92. The molecule has 120 valence electrons. The molecule has 2 aromatic carbocycles. The smallest absolute Gasteiger partial charge is 0.241 e. The van der Waals surface area contributed by atoms with E-state index in [9.17, 15) is 4.79 Å². The minimum absolute atomic E-state index is 0.0677. The zero-order valence-electron chi connectivity index (χ0n) is 14.1. The molecule has 0 radical (unpaired) electrons. The minimum atomic E-state index is -0.136. The van der Waals surface area contributed by atoms with E-state index in [0.717, 1.165) is 36.3 Å². The van der Waals surface area contributed by atoms with Crippen molar-refractivity contribution < 1.29 is 4.79 Å². The Hall–Kier alpha value is -2.13. The molecule has 0 fully saturated rings. The van der Waals surface area contributed by atoms with E-state index in [-0.39, 0.29) is 11.9 Å². The summed E-state index contributed by atoms with van der Waals surface area (Å²) >= 11 is 0. The topological polar surface area (TPSA) is 32.3 Å². The molecule has 3 rings (SSSR count). The molecule has 3 heteroatoms. The predicted molar refractivity (Wildman–Crippen MR) is 94.6 cm³/mol. The van der Waals surface area contributed by atoms with E-state index in [0.29, 0.717) is 0 Å². The van der Waals surface area contributed by atoms with Crippen LogP contribution in [0.25, 0.3) is 0 Å². The number of fused-ring (bicyclic) bond motifs is 1. The molecule has 1 amide bonds. The molecule has 0 spiro atoms. The normalized spacial score (nSPS) is 15.8. The number of hydrogen-bond donors (Lipinski definition) is 1. The van der Waals surface area contributed by atoms with Crippen molar-refractivity contribution in [3.63, 3.8) is 0 Å². The zero-order valence-corrected chi connectivity index (χ0v) is 14.1. The van der Waals surface area contributed by atoms with Crippen LogP contribution in [0.1, 0.15) is 29.2 Å². The van der Waals surface area contributed by atoms with Crippen molar-refractivity contribution in [3.8, 4) is 0 Å². The lowest BCUT2D eigenvalue weighted by Crippen LogP contribution is -2.44. The molecule has 0 unspecified atom stereocenters. The van der Waals surface area contributed by atoms with Crippen LogP contribution in [-0.2, 0) is 17.8 Å². The third-order valence-electron chi connectivity index (χ3n) is 4.74. The maximum atomic E-state index is 12.6. The van der Waals surface area contributed by atoms with E-state index in [1.54, 1.807) is 0 Å². The quantitative estimate of drug-likeness (QED) is 0.938. The molecule has 0 aromatic heterocycles. The molecule has 1 heterocycles. The molecule has 0 bridgehead atoms. The number of rotatable bonds is 3. The van der Waals surface area contributed by atoms with Gasteiger partial charge in [-0.25, -0.2) is 0 Å². The van der Waals surface area contributed by atoms with Crippen LogP contribution in [0.4, 0.5) is 5.69 Å². The van der Waals surface area contributed by atoms with E-state index in [1.807, 2.05) is 32.9 Å². The lowest BCUT2D eigenvalue weighted by atomic mass is 9.98. The first-order valence-corrected chi connectivity index (χ1v) is 8.23. The molecule has 0 saturated heterocycles. The van der Waals surface area contributed by atoms with Gasteiger partial charge in [0.05, 0.1) is 6.04 Å². The summed E-state index contributed by atoms with van der Waals surface area (Å²) in [5, 5.41) is 3.09. The Morgan fingerprint density at radius 3 is 2.65 bits per heavy atom. The van der Waals surface area contributed by atoms with Crippen LogP contribution in [0.2, 0.25) is 0 Å². The second kappa shape index (κ2) is 6.55. The molecule has 1 aliphatic rings. The molecule has 1 atom stereocenters. The maximum absolute atomic E-state index is 12.6. The molecular formula is C20H24N2O. The van der Waals surface area contributed by atoms with Gasteiger partial charge in [0.15, 0.2) is 0 Å². The van der Waals surface area contributed by atoms with Crippen molar-refractivity contribution in [2.24, 2.45) is 0 Å². The fourth-order valence-electron chi connectivity index (χ4n) is 3.12. The summed E-state index contributed by atoms with van der Waals surface area (Å²) in [6.45, 7) is 7.83. The number of aryl methyl sites for hydroxylation is 2. The van der Waals surface area contributed by atoms with E-state index in [1.165, 1.54) is 11.1 Å². The molecule has 1 N–H and O–H groups in total. The summed E-state index contributed by atoms with van der Waals surface area (Å²) in [4.78, 5) is 14.9. The number of carbonyl (C=O) groups excluding carboxylic acids is 1. The van der Waals surface area contributed by atoms with Gasteiger partial charge in [-0.15, -0.1) is 0 Å². The minimum Gasteiger partial charge on any atom is -0.324 e. The Kier molecular flexibility index (Phi) is 4.49. The number of hydrogen-bond acceptors (Lipinski definition) is 2. The molecule has 2 aromatic rings. The first-order chi connectivity index (χ1) is 11.0. The highest BCUT2D eigenvalue weighted by atomic mass is 16.2. The number of anilines is 1. The molecule has 0 aliphatic carbocycles. The molecule has 23 heavy (non-hydrogen) atoms. The van der Waals surface area contributed by atoms with Gasteiger partial charge in [0.2, 0.25) is 5.91 Å². The molecule has 0 saturated carbocycles. The highest BCUT2D eigenvalue weighted by Gasteiger charge is 2.25. The highest BCUT2D eigenvalue weighted by Crippen LogP contribution is 2.22. The predicted octanol–water partition coefficient (Wildman–Crippen LogP) is 3.69. The zero-order chi connectivity index (χ0) is 16.4. The number of carbonyl (C=O) groups is 1. The van der Waals surface area contributed by atoms with E-state index in [4.69, 9.17) is 0 Å². The first kappa shape index (κ1) is 15.8. The van der Waals surface area contributed by atoms with Crippen LogP contribution < -0.4 is 5.32 Å². The largest absolute Gasteiger partial charge is 0.324 e. The second-order valence-corrected chi connectivity index (χ2v) is 6.47. The number of nitrogens with one attached hydrogen (secondary N) is 1. The molecule has 1 aliphatic heterocycles. The van der Waals surface area contributed by atoms with Crippen LogP contribution >= 0.6 is 0 Å². The third-order valence-corrected chi connectivity index (χ3v) is 4.74. The monoisotopic (exact) mass is 308 g/mol. The van der Waals surface area contributed by atoms with Crippen molar-refractivity contribution >= 4 is 11.6 Å². The van der Waals surface area contributed by atoms with Crippen LogP contribution in [0.15, 0.2) is 42.5 Å². The molecular weight excluding hydrogens is 284 g/mol. The summed E-state index contributed by atoms with van der Waals surface area (Å²) in [7, 11) is 0. The van der Waals surface area contributed by atoms with E-state index >= 15 is 0 Å². The van der Waals surface area contributed by atoms with E-state index < -0.39 is 0 Å². The standard InChI is InChI=1S/C20H24N2O/c1-14-8-9-15(2)19(12-14)21-20(23)16(3)22-11-10-17-6-4-5-7-18(17)13-22/h4-9,12,16H,10-11,13H2,1-3H3,(H,21,23)/t16-/m0/s1. The van der Waals surface area contributed by atoms with Crippen molar-refractivity contribution in [1.29, 1.82) is 0 Å². The summed E-state index contributed by atoms with van der Waals surface area (Å²) in [6, 6.07) is 14.5. The lowest BCUT2D eigenvalue weighted by molar-refractivity contribution is -0.121. The summed E-state index contributed by atoms with van der Waals surface area (Å²) in [6.07, 6.45) is 1.01. The van der Waals surface area contributed by atoms with Crippen molar-refractivity contribution in [3.05, 3.63) is 64.7 Å². The maximum Gasteiger partial charge on any atom is 0.241 e. The Morgan fingerprint density at radius 2 is 1.87 bits per heavy atom. The van der Waals surface area contributed by atoms with Gasteiger partial charge in [0.1, 0.15) is 0 Å². The highest BCUT2D eigenvalue weighted by molar-refractivity contribution is 5.95.